The third kappa shape index (κ3) is 2.52. The van der Waals surface area contributed by atoms with E-state index in [2.05, 4.69) is 46.1 Å². The molecule has 3 rings (SSSR count). The molecular weight excluding hydrogens is 260 g/mol. The summed E-state index contributed by atoms with van der Waals surface area (Å²) in [5.41, 5.74) is 1.45. The van der Waals surface area contributed by atoms with Crippen LogP contribution in [0, 0.1) is 6.92 Å². The van der Waals surface area contributed by atoms with E-state index in [9.17, 15) is 0 Å². The first-order chi connectivity index (χ1) is 8.84. The van der Waals surface area contributed by atoms with Crippen LogP contribution in [0.25, 0.3) is 0 Å². The average molecular weight is 278 g/mol. The van der Waals surface area contributed by atoms with Crippen LogP contribution in [0.2, 0.25) is 0 Å². The van der Waals surface area contributed by atoms with Gasteiger partial charge in [0.25, 0.3) is 0 Å². The molecule has 0 spiro atoms. The first-order valence-corrected chi connectivity index (χ1v) is 8.14. The summed E-state index contributed by atoms with van der Waals surface area (Å²) in [5, 5.41) is 7.91. The van der Waals surface area contributed by atoms with Gasteiger partial charge in [-0.1, -0.05) is 0 Å². The molecule has 1 atom stereocenters. The largest absolute Gasteiger partial charge is 0.314 e. The second-order valence-electron chi connectivity index (χ2n) is 4.69. The van der Waals surface area contributed by atoms with Crippen molar-refractivity contribution in [1.82, 2.24) is 10.2 Å². The number of aryl methyl sites for hydroxylation is 1. The summed E-state index contributed by atoms with van der Waals surface area (Å²) in [6.45, 7) is 6.67. The number of rotatable bonds is 3. The van der Waals surface area contributed by atoms with Gasteiger partial charge in [-0.2, -0.15) is 11.3 Å². The van der Waals surface area contributed by atoms with Crippen LogP contribution in [-0.4, -0.2) is 31.1 Å². The summed E-state index contributed by atoms with van der Waals surface area (Å²) in [4.78, 5) is 5.48. The van der Waals surface area contributed by atoms with E-state index in [4.69, 9.17) is 0 Å². The van der Waals surface area contributed by atoms with E-state index in [1.54, 1.807) is 11.3 Å². The number of nitrogens with one attached hydrogen (secondary N) is 1. The third-order valence-corrected chi connectivity index (χ3v) is 5.16. The van der Waals surface area contributed by atoms with Gasteiger partial charge in [0.2, 0.25) is 0 Å². The number of hydrogen-bond donors (Lipinski definition) is 1. The minimum atomic E-state index is 0.456. The molecule has 1 fully saturated rings. The highest BCUT2D eigenvalue weighted by Gasteiger charge is 2.25. The topological polar surface area (TPSA) is 15.3 Å². The molecule has 0 aliphatic carbocycles. The van der Waals surface area contributed by atoms with Crippen molar-refractivity contribution in [1.29, 1.82) is 0 Å². The molecule has 1 aliphatic heterocycles. The molecule has 1 aliphatic rings. The van der Waals surface area contributed by atoms with Crippen molar-refractivity contribution in [2.24, 2.45) is 0 Å². The average Bonchev–Trinajstić information content (AvgIpc) is 3.04. The molecule has 2 nitrogen and oxygen atoms in total. The van der Waals surface area contributed by atoms with Gasteiger partial charge in [-0.05, 0) is 41.4 Å². The second kappa shape index (κ2) is 5.53. The fourth-order valence-corrected chi connectivity index (χ4v) is 4.25. The van der Waals surface area contributed by atoms with Crippen molar-refractivity contribution >= 4 is 22.7 Å². The fourth-order valence-electron chi connectivity index (χ4n) is 2.53. The Kier molecular flexibility index (Phi) is 3.80. The first-order valence-electron chi connectivity index (χ1n) is 6.38. The summed E-state index contributed by atoms with van der Waals surface area (Å²) in [5.74, 6) is 0. The maximum absolute atomic E-state index is 3.44. The van der Waals surface area contributed by atoms with Crippen LogP contribution in [0.1, 0.15) is 21.4 Å². The fraction of sp³-hybridized carbons (Fsp3) is 0.429. The van der Waals surface area contributed by atoms with Gasteiger partial charge in [0, 0.05) is 35.9 Å². The first kappa shape index (κ1) is 12.4. The lowest BCUT2D eigenvalue weighted by Gasteiger charge is -2.34. The Labute approximate surface area is 116 Å². The normalized spacial score (nSPS) is 18.9. The molecule has 3 heterocycles. The van der Waals surface area contributed by atoms with Gasteiger partial charge < -0.3 is 5.32 Å². The van der Waals surface area contributed by atoms with Crippen molar-refractivity contribution in [2.45, 2.75) is 13.0 Å². The van der Waals surface area contributed by atoms with E-state index in [0.717, 1.165) is 26.2 Å². The van der Waals surface area contributed by atoms with E-state index in [0.29, 0.717) is 6.04 Å². The Hall–Kier alpha value is -0.680. The molecule has 1 saturated heterocycles. The van der Waals surface area contributed by atoms with Crippen molar-refractivity contribution in [3.8, 4) is 0 Å². The standard InChI is InChI=1S/C14H18N2S2/c1-11-2-3-13(18-11)14(12-4-9-17-10-12)16-7-5-15-6-8-16/h2-4,9-10,14-15H,5-8H2,1H3. The molecule has 2 aromatic heterocycles. The molecule has 1 unspecified atom stereocenters. The Balaban J connectivity index is 1.92. The van der Waals surface area contributed by atoms with Crippen LogP contribution < -0.4 is 5.32 Å². The molecule has 0 amide bonds. The molecule has 4 heteroatoms. The van der Waals surface area contributed by atoms with Crippen molar-refractivity contribution in [3.63, 3.8) is 0 Å². The number of nitrogens with zero attached hydrogens (tertiary/aromatic N) is 1. The molecule has 96 valence electrons. The van der Waals surface area contributed by atoms with Gasteiger partial charge in [0.1, 0.15) is 0 Å². The van der Waals surface area contributed by atoms with E-state index in [1.165, 1.54) is 15.3 Å². The maximum Gasteiger partial charge on any atom is 0.0705 e. The molecule has 0 saturated carbocycles. The molecule has 0 aromatic carbocycles. The quantitative estimate of drug-likeness (QED) is 0.928. The van der Waals surface area contributed by atoms with Crippen molar-refractivity contribution < 1.29 is 0 Å². The Morgan fingerprint density at radius 1 is 1.22 bits per heavy atom. The smallest absolute Gasteiger partial charge is 0.0705 e. The van der Waals surface area contributed by atoms with Crippen LogP contribution in [0.15, 0.2) is 29.0 Å². The van der Waals surface area contributed by atoms with Gasteiger partial charge >= 0.3 is 0 Å². The molecular formula is C14H18N2S2. The van der Waals surface area contributed by atoms with E-state index >= 15 is 0 Å². The summed E-state index contributed by atoms with van der Waals surface area (Å²) in [7, 11) is 0. The monoisotopic (exact) mass is 278 g/mol. The van der Waals surface area contributed by atoms with Crippen LogP contribution in [0.3, 0.4) is 0 Å². The third-order valence-electron chi connectivity index (χ3n) is 3.41. The van der Waals surface area contributed by atoms with Crippen LogP contribution in [-0.2, 0) is 0 Å². The zero-order valence-electron chi connectivity index (χ0n) is 10.6. The van der Waals surface area contributed by atoms with Gasteiger partial charge in [-0.15, -0.1) is 11.3 Å². The lowest BCUT2D eigenvalue weighted by atomic mass is 10.1. The molecule has 2 aromatic rings. The molecule has 18 heavy (non-hydrogen) atoms. The lowest BCUT2D eigenvalue weighted by molar-refractivity contribution is 0.201. The zero-order chi connectivity index (χ0) is 12.4. The summed E-state index contributed by atoms with van der Waals surface area (Å²) < 4.78 is 0. The summed E-state index contributed by atoms with van der Waals surface area (Å²) in [6, 6.07) is 7.26. The second-order valence-corrected chi connectivity index (χ2v) is 6.79. The van der Waals surface area contributed by atoms with Gasteiger partial charge in [-0.25, -0.2) is 0 Å². The Morgan fingerprint density at radius 2 is 2.06 bits per heavy atom. The number of thiophene rings is 2. The SMILES string of the molecule is Cc1ccc(C(c2ccsc2)N2CCNCC2)s1. The lowest BCUT2D eigenvalue weighted by Crippen LogP contribution is -2.45. The minimum absolute atomic E-state index is 0.456. The van der Waals surface area contributed by atoms with Gasteiger partial charge in [0.05, 0.1) is 6.04 Å². The highest BCUT2D eigenvalue weighted by Crippen LogP contribution is 2.34. The summed E-state index contributed by atoms with van der Waals surface area (Å²) >= 11 is 3.73. The highest BCUT2D eigenvalue weighted by atomic mass is 32.1. The van der Waals surface area contributed by atoms with Gasteiger partial charge in [-0.3, -0.25) is 4.90 Å². The minimum Gasteiger partial charge on any atom is -0.314 e. The predicted octanol–water partition coefficient (Wildman–Crippen LogP) is 3.11. The van der Waals surface area contributed by atoms with E-state index in [-0.39, 0.29) is 0 Å². The zero-order valence-corrected chi connectivity index (χ0v) is 12.2. The molecule has 0 radical (unpaired) electrons. The highest BCUT2D eigenvalue weighted by molar-refractivity contribution is 7.12. The molecule has 1 N–H and O–H groups in total. The number of hydrogen-bond acceptors (Lipinski definition) is 4. The predicted molar refractivity (Wildman–Crippen MR) is 79.7 cm³/mol. The summed E-state index contributed by atoms with van der Waals surface area (Å²) in [6.07, 6.45) is 0. The van der Waals surface area contributed by atoms with Crippen molar-refractivity contribution in [2.75, 3.05) is 26.2 Å². The van der Waals surface area contributed by atoms with Crippen LogP contribution in [0.4, 0.5) is 0 Å². The van der Waals surface area contributed by atoms with Crippen molar-refractivity contribution in [3.05, 3.63) is 44.3 Å². The van der Waals surface area contributed by atoms with Crippen LogP contribution >= 0.6 is 22.7 Å². The van der Waals surface area contributed by atoms with Crippen LogP contribution in [0.5, 0.6) is 0 Å². The molecule has 0 bridgehead atoms. The maximum atomic E-state index is 3.44. The Morgan fingerprint density at radius 3 is 2.67 bits per heavy atom. The van der Waals surface area contributed by atoms with E-state index < -0.39 is 0 Å². The van der Waals surface area contributed by atoms with E-state index in [1.807, 2.05) is 11.3 Å². The Bertz CT molecular complexity index is 484. The van der Waals surface area contributed by atoms with Gasteiger partial charge in [0.15, 0.2) is 0 Å². The number of piperazine rings is 1.